The van der Waals surface area contributed by atoms with Crippen LogP contribution in [0.3, 0.4) is 0 Å². The molecule has 4 nitrogen and oxygen atoms in total. The number of nitrogens with zero attached hydrogens (tertiary/aromatic N) is 2. The molecule has 3 rings (SSSR count). The predicted octanol–water partition coefficient (Wildman–Crippen LogP) is 4.56. The summed E-state index contributed by atoms with van der Waals surface area (Å²) in [5, 5.41) is 9.45. The van der Waals surface area contributed by atoms with Gasteiger partial charge in [-0.3, -0.25) is 4.98 Å². The Balaban J connectivity index is 2.14. The van der Waals surface area contributed by atoms with Gasteiger partial charge in [0.1, 0.15) is 11.2 Å². The Hall–Kier alpha value is -2.35. The summed E-state index contributed by atoms with van der Waals surface area (Å²) < 4.78 is 40.3. The number of hydrogen-bond acceptors (Lipinski definition) is 2. The number of aromatic carboxylic acids is 1. The zero-order chi connectivity index (χ0) is 17.5. The topological polar surface area (TPSA) is 55.1 Å². The number of carboxylic acid groups (broad SMARTS) is 1. The van der Waals surface area contributed by atoms with Crippen molar-refractivity contribution in [3.05, 3.63) is 63.9 Å². The fourth-order valence-electron chi connectivity index (χ4n) is 2.54. The minimum atomic E-state index is -4.45. The van der Waals surface area contributed by atoms with E-state index in [4.69, 9.17) is 0 Å². The van der Waals surface area contributed by atoms with Crippen molar-refractivity contribution in [1.29, 1.82) is 0 Å². The third-order valence-electron chi connectivity index (χ3n) is 3.56. The Morgan fingerprint density at radius 3 is 2.67 bits per heavy atom. The van der Waals surface area contributed by atoms with Crippen LogP contribution in [0.2, 0.25) is 0 Å². The molecule has 0 saturated heterocycles. The molecule has 1 N–H and O–H groups in total. The highest BCUT2D eigenvalue weighted by Crippen LogP contribution is 2.32. The lowest BCUT2D eigenvalue weighted by Crippen LogP contribution is -2.11. The van der Waals surface area contributed by atoms with E-state index in [0.29, 0.717) is 21.1 Å². The maximum atomic E-state index is 12.9. The van der Waals surface area contributed by atoms with Gasteiger partial charge in [-0.2, -0.15) is 13.2 Å². The lowest BCUT2D eigenvalue weighted by atomic mass is 10.1. The number of fused-ring (bicyclic) bond motifs is 1. The molecule has 0 bridgehead atoms. The fourth-order valence-corrected chi connectivity index (χ4v) is 3.23. The molecule has 2 heterocycles. The van der Waals surface area contributed by atoms with Gasteiger partial charge in [-0.1, -0.05) is 12.1 Å². The van der Waals surface area contributed by atoms with Gasteiger partial charge in [0.25, 0.3) is 0 Å². The van der Waals surface area contributed by atoms with Crippen LogP contribution in [0.4, 0.5) is 13.2 Å². The molecule has 124 valence electrons. The van der Waals surface area contributed by atoms with Gasteiger partial charge in [-0.15, -0.1) is 0 Å². The van der Waals surface area contributed by atoms with Gasteiger partial charge in [0.2, 0.25) is 0 Å². The van der Waals surface area contributed by atoms with Crippen molar-refractivity contribution in [3.63, 3.8) is 0 Å². The van der Waals surface area contributed by atoms with E-state index in [1.54, 1.807) is 12.1 Å². The molecule has 0 fully saturated rings. The largest absolute Gasteiger partial charge is 0.477 e. The lowest BCUT2D eigenvalue weighted by molar-refractivity contribution is -0.137. The Bertz CT molecular complexity index is 935. The minimum absolute atomic E-state index is 0.0145. The number of rotatable bonds is 3. The first-order valence-corrected chi connectivity index (χ1v) is 7.60. The summed E-state index contributed by atoms with van der Waals surface area (Å²) in [7, 11) is 0. The Morgan fingerprint density at radius 1 is 1.25 bits per heavy atom. The summed E-state index contributed by atoms with van der Waals surface area (Å²) in [6.45, 7) is -0.0145. The quantitative estimate of drug-likeness (QED) is 0.703. The van der Waals surface area contributed by atoms with Gasteiger partial charge in [-0.05, 0) is 45.8 Å². The highest BCUT2D eigenvalue weighted by molar-refractivity contribution is 9.10. The third kappa shape index (κ3) is 2.89. The predicted molar refractivity (Wildman–Crippen MR) is 84.9 cm³/mol. The molecule has 8 heteroatoms. The number of carboxylic acids is 1. The molecule has 0 amide bonds. The number of aromatic nitrogens is 2. The van der Waals surface area contributed by atoms with Crippen molar-refractivity contribution in [2.75, 3.05) is 0 Å². The normalized spacial score (nSPS) is 11.8. The Kier molecular flexibility index (Phi) is 4.08. The second-order valence-electron chi connectivity index (χ2n) is 5.12. The average Bonchev–Trinajstić information content (AvgIpc) is 2.80. The Labute approximate surface area is 142 Å². The molecule has 0 atom stereocenters. The van der Waals surface area contributed by atoms with E-state index in [1.807, 2.05) is 0 Å². The second-order valence-corrected chi connectivity index (χ2v) is 5.92. The summed E-state index contributed by atoms with van der Waals surface area (Å²) in [6, 6.07) is 8.14. The van der Waals surface area contributed by atoms with Crippen molar-refractivity contribution < 1.29 is 23.1 Å². The first-order chi connectivity index (χ1) is 11.3. The second kappa shape index (κ2) is 5.94. The number of halogens is 4. The number of alkyl halides is 3. The van der Waals surface area contributed by atoms with Crippen molar-refractivity contribution in [2.45, 2.75) is 12.7 Å². The van der Waals surface area contributed by atoms with Crippen LogP contribution in [0.25, 0.3) is 11.0 Å². The van der Waals surface area contributed by atoms with E-state index >= 15 is 0 Å². The van der Waals surface area contributed by atoms with Gasteiger partial charge in [0, 0.05) is 12.7 Å². The van der Waals surface area contributed by atoms with Crippen LogP contribution in [-0.4, -0.2) is 20.6 Å². The summed E-state index contributed by atoms with van der Waals surface area (Å²) in [5.74, 6) is -1.19. The van der Waals surface area contributed by atoms with Crippen LogP contribution in [0.5, 0.6) is 0 Å². The zero-order valence-corrected chi connectivity index (χ0v) is 13.6. The van der Waals surface area contributed by atoms with Crippen LogP contribution >= 0.6 is 15.9 Å². The third-order valence-corrected chi connectivity index (χ3v) is 4.31. The molecule has 1 aromatic carbocycles. The van der Waals surface area contributed by atoms with E-state index < -0.39 is 17.7 Å². The van der Waals surface area contributed by atoms with Gasteiger partial charge in [0.05, 0.1) is 15.6 Å². The molecule has 0 aliphatic rings. The van der Waals surface area contributed by atoms with Gasteiger partial charge >= 0.3 is 12.1 Å². The fraction of sp³-hybridized carbons (Fsp3) is 0.125. The van der Waals surface area contributed by atoms with Gasteiger partial charge in [0.15, 0.2) is 0 Å². The Morgan fingerprint density at radius 2 is 2.00 bits per heavy atom. The first kappa shape index (κ1) is 16.5. The van der Waals surface area contributed by atoms with E-state index in [0.717, 1.165) is 12.1 Å². The number of carbonyl (C=O) groups is 1. The molecule has 0 aliphatic carbocycles. The highest BCUT2D eigenvalue weighted by Gasteiger charge is 2.30. The molecule has 3 aromatic rings. The summed E-state index contributed by atoms with van der Waals surface area (Å²) in [4.78, 5) is 15.7. The van der Waals surface area contributed by atoms with Gasteiger partial charge in [-0.25, -0.2) is 4.79 Å². The minimum Gasteiger partial charge on any atom is -0.477 e. The molecule has 0 saturated carbocycles. The SMILES string of the molecule is O=C(O)c1c(Br)c2ncccc2n1Cc1cccc(C(F)(F)F)c1. The maximum absolute atomic E-state index is 12.9. The molecule has 0 unspecified atom stereocenters. The molecule has 2 aromatic heterocycles. The number of hydrogen-bond donors (Lipinski definition) is 1. The zero-order valence-electron chi connectivity index (χ0n) is 12.0. The van der Waals surface area contributed by atoms with Crippen molar-refractivity contribution in [3.8, 4) is 0 Å². The summed E-state index contributed by atoms with van der Waals surface area (Å²) >= 11 is 3.22. The smallest absolute Gasteiger partial charge is 0.416 e. The van der Waals surface area contributed by atoms with Crippen LogP contribution in [0.1, 0.15) is 21.6 Å². The van der Waals surface area contributed by atoms with E-state index in [1.165, 1.54) is 22.9 Å². The molecule has 0 aliphatic heterocycles. The van der Waals surface area contributed by atoms with Gasteiger partial charge < -0.3 is 9.67 Å². The standard InChI is InChI=1S/C16H10BrF3N2O2/c17-12-13-11(5-2-6-21-13)22(14(12)15(23)24)8-9-3-1-4-10(7-9)16(18,19)20/h1-7H,8H2,(H,23,24). The number of benzene rings is 1. The molecular formula is C16H10BrF3N2O2. The summed E-state index contributed by atoms with van der Waals surface area (Å²) in [5.41, 5.74) is 0.494. The van der Waals surface area contributed by atoms with Crippen molar-refractivity contribution in [2.24, 2.45) is 0 Å². The van der Waals surface area contributed by atoms with Crippen LogP contribution in [-0.2, 0) is 12.7 Å². The average molecular weight is 399 g/mol. The van der Waals surface area contributed by atoms with E-state index in [-0.39, 0.29) is 12.2 Å². The monoisotopic (exact) mass is 398 g/mol. The first-order valence-electron chi connectivity index (χ1n) is 6.81. The maximum Gasteiger partial charge on any atom is 0.416 e. The number of pyridine rings is 1. The van der Waals surface area contributed by atoms with E-state index in [2.05, 4.69) is 20.9 Å². The summed E-state index contributed by atoms with van der Waals surface area (Å²) in [6.07, 6.45) is -2.93. The molecule has 24 heavy (non-hydrogen) atoms. The van der Waals surface area contributed by atoms with Crippen LogP contribution in [0, 0.1) is 0 Å². The van der Waals surface area contributed by atoms with Crippen molar-refractivity contribution in [1.82, 2.24) is 9.55 Å². The molecule has 0 spiro atoms. The van der Waals surface area contributed by atoms with Crippen molar-refractivity contribution >= 4 is 32.9 Å². The molecular weight excluding hydrogens is 389 g/mol. The molecule has 0 radical (unpaired) electrons. The highest BCUT2D eigenvalue weighted by atomic mass is 79.9. The lowest BCUT2D eigenvalue weighted by Gasteiger charge is -2.11. The van der Waals surface area contributed by atoms with Crippen LogP contribution in [0.15, 0.2) is 47.1 Å². The van der Waals surface area contributed by atoms with Crippen LogP contribution < -0.4 is 0 Å². The van der Waals surface area contributed by atoms with E-state index in [9.17, 15) is 23.1 Å².